The lowest BCUT2D eigenvalue weighted by Crippen LogP contribution is -2.27. The van der Waals surface area contributed by atoms with E-state index in [9.17, 15) is 0 Å². The summed E-state index contributed by atoms with van der Waals surface area (Å²) in [5.41, 5.74) is 4.02. The van der Waals surface area contributed by atoms with Crippen LogP contribution in [0.5, 0.6) is 0 Å². The Morgan fingerprint density at radius 3 is 2.50 bits per heavy atom. The highest BCUT2D eigenvalue weighted by molar-refractivity contribution is 9.10. The molecule has 0 saturated carbocycles. The van der Waals surface area contributed by atoms with E-state index >= 15 is 0 Å². The summed E-state index contributed by atoms with van der Waals surface area (Å²) in [7, 11) is 0. The van der Waals surface area contributed by atoms with Crippen LogP contribution >= 0.6 is 15.9 Å². The minimum atomic E-state index is 1.09. The van der Waals surface area contributed by atoms with Crippen molar-refractivity contribution in [1.29, 1.82) is 0 Å². The second-order valence-corrected chi connectivity index (χ2v) is 5.28. The van der Waals surface area contributed by atoms with Gasteiger partial charge in [-0.05, 0) is 50.1 Å². The Morgan fingerprint density at radius 2 is 1.81 bits per heavy atom. The molecule has 2 nitrogen and oxygen atoms in total. The second kappa shape index (κ2) is 5.19. The smallest absolute Gasteiger partial charge is 0.0372 e. The third-order valence-electron chi connectivity index (χ3n) is 3.13. The number of rotatable bonds is 1. The molecule has 0 bridgehead atoms. The zero-order valence-corrected chi connectivity index (χ0v) is 11.6. The van der Waals surface area contributed by atoms with Crippen molar-refractivity contribution in [3.05, 3.63) is 27.7 Å². The van der Waals surface area contributed by atoms with E-state index < -0.39 is 0 Å². The third kappa shape index (κ3) is 2.58. The Balaban J connectivity index is 2.25. The number of nitrogens with zero attached hydrogens (tertiary/aromatic N) is 1. The summed E-state index contributed by atoms with van der Waals surface area (Å²) in [4.78, 5) is 2.48. The first kappa shape index (κ1) is 11.9. The van der Waals surface area contributed by atoms with Crippen molar-refractivity contribution in [2.24, 2.45) is 0 Å². The minimum Gasteiger partial charge on any atom is -0.370 e. The topological polar surface area (TPSA) is 15.3 Å². The summed E-state index contributed by atoms with van der Waals surface area (Å²) in [6.45, 7) is 8.83. The summed E-state index contributed by atoms with van der Waals surface area (Å²) in [6, 6.07) is 4.56. The van der Waals surface area contributed by atoms with Crippen LogP contribution < -0.4 is 10.2 Å². The monoisotopic (exact) mass is 282 g/mol. The molecule has 1 saturated heterocycles. The van der Waals surface area contributed by atoms with Gasteiger partial charge in [-0.25, -0.2) is 0 Å². The Labute approximate surface area is 106 Å². The first-order chi connectivity index (χ1) is 7.68. The van der Waals surface area contributed by atoms with Crippen molar-refractivity contribution >= 4 is 21.6 Å². The summed E-state index contributed by atoms with van der Waals surface area (Å²) < 4.78 is 1.24. The van der Waals surface area contributed by atoms with Crippen LogP contribution in [0.1, 0.15) is 17.5 Å². The van der Waals surface area contributed by atoms with E-state index in [1.807, 2.05) is 0 Å². The number of hydrogen-bond acceptors (Lipinski definition) is 2. The maximum Gasteiger partial charge on any atom is 0.0372 e. The number of halogens is 1. The number of anilines is 1. The molecule has 1 N–H and O–H groups in total. The molecule has 1 aliphatic rings. The van der Waals surface area contributed by atoms with Crippen molar-refractivity contribution < 1.29 is 0 Å². The average Bonchev–Trinajstić information content (AvgIpc) is 2.53. The van der Waals surface area contributed by atoms with Gasteiger partial charge in [0.05, 0.1) is 0 Å². The Morgan fingerprint density at radius 1 is 1.12 bits per heavy atom. The van der Waals surface area contributed by atoms with Gasteiger partial charge in [-0.1, -0.05) is 15.9 Å². The molecule has 0 atom stereocenters. The molecule has 0 radical (unpaired) electrons. The molecule has 1 aromatic rings. The second-order valence-electron chi connectivity index (χ2n) is 4.48. The van der Waals surface area contributed by atoms with E-state index in [0.717, 1.165) is 26.2 Å². The van der Waals surface area contributed by atoms with Crippen molar-refractivity contribution in [3.8, 4) is 0 Å². The van der Waals surface area contributed by atoms with Gasteiger partial charge >= 0.3 is 0 Å². The molecule has 16 heavy (non-hydrogen) atoms. The van der Waals surface area contributed by atoms with E-state index in [1.165, 1.54) is 27.7 Å². The van der Waals surface area contributed by atoms with Gasteiger partial charge in [0.25, 0.3) is 0 Å². The normalized spacial score (nSPS) is 17.3. The van der Waals surface area contributed by atoms with Crippen LogP contribution in [0.3, 0.4) is 0 Å². The van der Waals surface area contributed by atoms with Gasteiger partial charge in [-0.15, -0.1) is 0 Å². The molecule has 1 aromatic carbocycles. The van der Waals surface area contributed by atoms with Crippen LogP contribution in [0, 0.1) is 13.8 Å². The number of benzene rings is 1. The maximum absolute atomic E-state index is 3.62. The van der Waals surface area contributed by atoms with Crippen LogP contribution in [0.4, 0.5) is 5.69 Å². The quantitative estimate of drug-likeness (QED) is 0.852. The molecular weight excluding hydrogens is 264 g/mol. The highest BCUT2D eigenvalue weighted by Crippen LogP contribution is 2.27. The highest BCUT2D eigenvalue weighted by Gasteiger charge is 2.11. The molecule has 3 heteroatoms. The largest absolute Gasteiger partial charge is 0.370 e. The molecule has 0 unspecified atom stereocenters. The van der Waals surface area contributed by atoms with E-state index in [4.69, 9.17) is 0 Å². The zero-order valence-electron chi connectivity index (χ0n) is 10.0. The molecule has 0 amide bonds. The minimum absolute atomic E-state index is 1.09. The van der Waals surface area contributed by atoms with Crippen LogP contribution in [0.25, 0.3) is 0 Å². The SMILES string of the molecule is Cc1cc(N2CCCNCC2)cc(C)c1Br. The van der Waals surface area contributed by atoms with Crippen molar-refractivity contribution in [3.63, 3.8) is 0 Å². The lowest BCUT2D eigenvalue weighted by atomic mass is 10.1. The average molecular weight is 283 g/mol. The fourth-order valence-corrected chi connectivity index (χ4v) is 2.44. The Hall–Kier alpha value is -0.540. The molecule has 1 fully saturated rings. The number of aryl methyl sites for hydroxylation is 2. The Bertz CT molecular complexity index is 345. The van der Waals surface area contributed by atoms with E-state index in [1.54, 1.807) is 0 Å². The summed E-state index contributed by atoms with van der Waals surface area (Å²) in [5, 5.41) is 3.44. The first-order valence-electron chi connectivity index (χ1n) is 5.91. The van der Waals surface area contributed by atoms with Gasteiger partial charge in [0.1, 0.15) is 0 Å². The Kier molecular flexibility index (Phi) is 3.87. The van der Waals surface area contributed by atoms with Crippen LogP contribution in [0.15, 0.2) is 16.6 Å². The van der Waals surface area contributed by atoms with Crippen molar-refractivity contribution in [1.82, 2.24) is 5.32 Å². The standard InChI is InChI=1S/C13H19BrN2/c1-10-8-12(9-11(2)13(10)14)16-6-3-4-15-5-7-16/h8-9,15H,3-7H2,1-2H3. The third-order valence-corrected chi connectivity index (χ3v) is 4.38. The van der Waals surface area contributed by atoms with Crippen molar-refractivity contribution in [2.45, 2.75) is 20.3 Å². The zero-order chi connectivity index (χ0) is 11.5. The van der Waals surface area contributed by atoms with Gasteiger partial charge in [-0.3, -0.25) is 0 Å². The molecule has 88 valence electrons. The lowest BCUT2D eigenvalue weighted by molar-refractivity contribution is 0.724. The molecule has 0 spiro atoms. The summed E-state index contributed by atoms with van der Waals surface area (Å²) >= 11 is 3.62. The molecule has 0 aromatic heterocycles. The van der Waals surface area contributed by atoms with E-state index in [0.29, 0.717) is 0 Å². The molecule has 0 aliphatic carbocycles. The van der Waals surface area contributed by atoms with Gasteiger partial charge in [0.15, 0.2) is 0 Å². The first-order valence-corrected chi connectivity index (χ1v) is 6.70. The molecule has 1 aliphatic heterocycles. The van der Waals surface area contributed by atoms with E-state index in [2.05, 4.69) is 52.1 Å². The highest BCUT2D eigenvalue weighted by atomic mass is 79.9. The van der Waals surface area contributed by atoms with Gasteiger partial charge in [0, 0.05) is 29.8 Å². The van der Waals surface area contributed by atoms with Gasteiger partial charge in [0.2, 0.25) is 0 Å². The lowest BCUT2D eigenvalue weighted by Gasteiger charge is -2.23. The molecule has 1 heterocycles. The van der Waals surface area contributed by atoms with E-state index in [-0.39, 0.29) is 0 Å². The number of nitrogens with one attached hydrogen (secondary N) is 1. The summed E-state index contributed by atoms with van der Waals surface area (Å²) in [6.07, 6.45) is 1.23. The van der Waals surface area contributed by atoms with Crippen LogP contribution in [-0.2, 0) is 0 Å². The van der Waals surface area contributed by atoms with Crippen LogP contribution in [-0.4, -0.2) is 26.2 Å². The predicted octanol–water partition coefficient (Wildman–Crippen LogP) is 2.87. The van der Waals surface area contributed by atoms with Gasteiger partial charge < -0.3 is 10.2 Å². The van der Waals surface area contributed by atoms with Gasteiger partial charge in [-0.2, -0.15) is 0 Å². The fourth-order valence-electron chi connectivity index (χ4n) is 2.21. The molecular formula is C13H19BrN2. The predicted molar refractivity (Wildman–Crippen MR) is 73.3 cm³/mol. The fraction of sp³-hybridized carbons (Fsp3) is 0.538. The molecule has 2 rings (SSSR count). The van der Waals surface area contributed by atoms with Crippen LogP contribution in [0.2, 0.25) is 0 Å². The maximum atomic E-state index is 3.62. The van der Waals surface area contributed by atoms with Crippen molar-refractivity contribution in [2.75, 3.05) is 31.1 Å². The number of hydrogen-bond donors (Lipinski definition) is 1. The summed E-state index contributed by atoms with van der Waals surface area (Å²) in [5.74, 6) is 0.